The number of rotatable bonds is 1. The van der Waals surface area contributed by atoms with Crippen LogP contribution in [0, 0.1) is 0 Å². The first kappa shape index (κ1) is 12.8. The Morgan fingerprint density at radius 3 is 2.79 bits per heavy atom. The molecule has 2 N–H and O–H groups in total. The van der Waals surface area contributed by atoms with Crippen LogP contribution in [0.1, 0.15) is 38.1 Å². The minimum atomic E-state index is 0.0517. The van der Waals surface area contributed by atoms with Crippen LogP contribution in [0.2, 0.25) is 5.02 Å². The number of aromatic amines is 1. The number of hydrogen-bond acceptors (Lipinski definition) is 2. The van der Waals surface area contributed by atoms with E-state index in [-0.39, 0.29) is 5.41 Å². The van der Waals surface area contributed by atoms with Crippen molar-refractivity contribution in [1.82, 2.24) is 10.3 Å². The van der Waals surface area contributed by atoms with E-state index in [9.17, 15) is 0 Å². The molecule has 0 radical (unpaired) electrons. The summed E-state index contributed by atoms with van der Waals surface area (Å²) in [5, 5.41) is 5.42. The van der Waals surface area contributed by atoms with Crippen LogP contribution in [0.3, 0.4) is 0 Å². The predicted octanol–water partition coefficient (Wildman–Crippen LogP) is 3.77. The predicted molar refractivity (Wildman–Crippen MR) is 79.3 cm³/mol. The highest BCUT2D eigenvalue weighted by Crippen LogP contribution is 2.44. The average Bonchev–Trinajstić information content (AvgIpc) is 2.78. The van der Waals surface area contributed by atoms with Crippen molar-refractivity contribution in [3.63, 3.8) is 0 Å². The molecule has 2 heterocycles. The zero-order valence-corrected chi connectivity index (χ0v) is 12.5. The molecular formula is C15H19ClN2O. The molecule has 1 atom stereocenters. The highest BCUT2D eigenvalue weighted by molar-refractivity contribution is 6.36. The smallest absolute Gasteiger partial charge is 0.143 e. The van der Waals surface area contributed by atoms with Crippen molar-refractivity contribution >= 4 is 22.5 Å². The van der Waals surface area contributed by atoms with Gasteiger partial charge in [-0.05, 0) is 24.6 Å². The maximum atomic E-state index is 6.44. The summed E-state index contributed by atoms with van der Waals surface area (Å²) in [7, 11) is 1.69. The van der Waals surface area contributed by atoms with Gasteiger partial charge in [0, 0.05) is 29.1 Å². The van der Waals surface area contributed by atoms with E-state index in [1.807, 2.05) is 12.1 Å². The number of ether oxygens (including phenoxy) is 1. The maximum absolute atomic E-state index is 6.44. The summed E-state index contributed by atoms with van der Waals surface area (Å²) < 4.78 is 5.45. The Kier molecular flexibility index (Phi) is 2.80. The standard InChI is InChI=1S/C15H19ClN2O/c1-8-13-12(15(2,3)7-17-8)11-9(16)5-6-10(19-4)14(11)18-13/h5-6,8,17-18H,7H2,1-4H3. The summed E-state index contributed by atoms with van der Waals surface area (Å²) in [5.41, 5.74) is 3.59. The first-order chi connectivity index (χ1) is 8.95. The average molecular weight is 279 g/mol. The van der Waals surface area contributed by atoms with Crippen LogP contribution in [-0.2, 0) is 5.41 Å². The van der Waals surface area contributed by atoms with Gasteiger partial charge in [-0.15, -0.1) is 0 Å². The van der Waals surface area contributed by atoms with E-state index in [1.165, 1.54) is 11.3 Å². The summed E-state index contributed by atoms with van der Waals surface area (Å²) in [6.07, 6.45) is 0. The molecule has 0 aliphatic carbocycles. The highest BCUT2D eigenvalue weighted by atomic mass is 35.5. The van der Waals surface area contributed by atoms with Gasteiger partial charge in [0.1, 0.15) is 5.75 Å². The van der Waals surface area contributed by atoms with Crippen molar-refractivity contribution < 1.29 is 4.74 Å². The van der Waals surface area contributed by atoms with Crippen molar-refractivity contribution in [2.75, 3.05) is 13.7 Å². The molecule has 0 spiro atoms. The van der Waals surface area contributed by atoms with Crippen LogP contribution in [0.15, 0.2) is 12.1 Å². The molecule has 3 rings (SSSR count). The van der Waals surface area contributed by atoms with Gasteiger partial charge >= 0.3 is 0 Å². The van der Waals surface area contributed by atoms with Gasteiger partial charge in [0.05, 0.1) is 17.6 Å². The molecule has 102 valence electrons. The molecule has 1 aliphatic heterocycles. The lowest BCUT2D eigenvalue weighted by atomic mass is 9.78. The van der Waals surface area contributed by atoms with E-state index < -0.39 is 0 Å². The van der Waals surface area contributed by atoms with Crippen LogP contribution in [0.4, 0.5) is 0 Å². The van der Waals surface area contributed by atoms with E-state index in [2.05, 4.69) is 31.1 Å². The minimum absolute atomic E-state index is 0.0517. The van der Waals surface area contributed by atoms with E-state index in [4.69, 9.17) is 16.3 Å². The fraction of sp³-hybridized carbons (Fsp3) is 0.467. The lowest BCUT2D eigenvalue weighted by molar-refractivity contribution is 0.394. The number of benzene rings is 1. The van der Waals surface area contributed by atoms with Crippen molar-refractivity contribution in [3.05, 3.63) is 28.4 Å². The maximum Gasteiger partial charge on any atom is 0.143 e. The van der Waals surface area contributed by atoms with Crippen molar-refractivity contribution in [1.29, 1.82) is 0 Å². The fourth-order valence-corrected chi connectivity index (χ4v) is 3.31. The van der Waals surface area contributed by atoms with Crippen LogP contribution >= 0.6 is 11.6 Å². The molecular weight excluding hydrogens is 260 g/mol. The lowest BCUT2D eigenvalue weighted by Gasteiger charge is -2.34. The molecule has 0 saturated heterocycles. The van der Waals surface area contributed by atoms with E-state index >= 15 is 0 Å². The second kappa shape index (κ2) is 4.15. The Morgan fingerprint density at radius 2 is 2.11 bits per heavy atom. The zero-order chi connectivity index (χ0) is 13.8. The van der Waals surface area contributed by atoms with Crippen LogP contribution in [0.25, 0.3) is 10.9 Å². The molecule has 4 heteroatoms. The molecule has 0 fully saturated rings. The normalized spacial score (nSPS) is 21.4. The van der Waals surface area contributed by atoms with Gasteiger partial charge in [-0.2, -0.15) is 0 Å². The van der Waals surface area contributed by atoms with Gasteiger partial charge in [-0.3, -0.25) is 0 Å². The number of fused-ring (bicyclic) bond motifs is 3. The van der Waals surface area contributed by atoms with Gasteiger partial charge in [-0.1, -0.05) is 25.4 Å². The fourth-order valence-electron chi connectivity index (χ4n) is 3.05. The monoisotopic (exact) mass is 278 g/mol. The summed E-state index contributed by atoms with van der Waals surface area (Å²) in [5.74, 6) is 0.844. The number of halogens is 1. The number of H-pyrrole nitrogens is 1. The largest absolute Gasteiger partial charge is 0.495 e. The quantitative estimate of drug-likeness (QED) is 0.833. The van der Waals surface area contributed by atoms with Crippen molar-refractivity contribution in [2.24, 2.45) is 0 Å². The summed E-state index contributed by atoms with van der Waals surface area (Å²) in [6, 6.07) is 4.13. The first-order valence-corrected chi connectivity index (χ1v) is 6.95. The molecule has 1 unspecified atom stereocenters. The second-order valence-electron chi connectivity index (χ2n) is 5.90. The molecule has 1 aliphatic rings. The molecule has 2 aromatic rings. The van der Waals surface area contributed by atoms with Crippen molar-refractivity contribution in [3.8, 4) is 5.75 Å². The summed E-state index contributed by atoms with van der Waals surface area (Å²) in [6.45, 7) is 7.60. The minimum Gasteiger partial charge on any atom is -0.495 e. The summed E-state index contributed by atoms with van der Waals surface area (Å²) >= 11 is 6.44. The third-order valence-corrected chi connectivity index (χ3v) is 4.39. The van der Waals surface area contributed by atoms with Crippen LogP contribution < -0.4 is 10.1 Å². The molecule has 0 saturated carbocycles. The molecule has 1 aromatic carbocycles. The van der Waals surface area contributed by atoms with Gasteiger partial charge in [0.25, 0.3) is 0 Å². The Balaban J connectivity index is 2.43. The first-order valence-electron chi connectivity index (χ1n) is 6.57. The Morgan fingerprint density at radius 1 is 1.37 bits per heavy atom. The Hall–Kier alpha value is -1.19. The zero-order valence-electron chi connectivity index (χ0n) is 11.7. The van der Waals surface area contributed by atoms with Gasteiger partial charge in [0.15, 0.2) is 0 Å². The Labute approximate surface area is 118 Å². The second-order valence-corrected chi connectivity index (χ2v) is 6.31. The molecule has 3 nitrogen and oxygen atoms in total. The van der Waals surface area contributed by atoms with E-state index in [0.717, 1.165) is 28.2 Å². The topological polar surface area (TPSA) is 37.0 Å². The highest BCUT2D eigenvalue weighted by Gasteiger charge is 2.35. The third-order valence-electron chi connectivity index (χ3n) is 4.08. The third kappa shape index (κ3) is 1.76. The molecule has 0 amide bonds. The molecule has 0 bridgehead atoms. The van der Waals surface area contributed by atoms with E-state index in [0.29, 0.717) is 6.04 Å². The van der Waals surface area contributed by atoms with Crippen LogP contribution in [0.5, 0.6) is 5.75 Å². The number of nitrogens with one attached hydrogen (secondary N) is 2. The molecule has 19 heavy (non-hydrogen) atoms. The summed E-state index contributed by atoms with van der Waals surface area (Å²) in [4.78, 5) is 3.51. The number of methoxy groups -OCH3 is 1. The van der Waals surface area contributed by atoms with Gasteiger partial charge in [-0.25, -0.2) is 0 Å². The Bertz CT molecular complexity index is 645. The van der Waals surface area contributed by atoms with Crippen LogP contribution in [-0.4, -0.2) is 18.6 Å². The SMILES string of the molecule is COc1ccc(Cl)c2c3c([nH]c12)C(C)NCC3(C)C. The lowest BCUT2D eigenvalue weighted by Crippen LogP contribution is -2.40. The van der Waals surface area contributed by atoms with Gasteiger partial charge in [0.2, 0.25) is 0 Å². The van der Waals surface area contributed by atoms with Crippen molar-refractivity contribution in [2.45, 2.75) is 32.2 Å². The molecule has 1 aromatic heterocycles. The number of aromatic nitrogens is 1. The number of hydrogen-bond donors (Lipinski definition) is 2. The van der Waals surface area contributed by atoms with E-state index in [1.54, 1.807) is 7.11 Å². The van der Waals surface area contributed by atoms with Gasteiger partial charge < -0.3 is 15.0 Å².